The van der Waals surface area contributed by atoms with Gasteiger partial charge in [-0.2, -0.15) is 0 Å². The molecule has 0 bridgehead atoms. The number of hydrogen-bond donors (Lipinski definition) is 0. The molecule has 0 saturated heterocycles. The van der Waals surface area contributed by atoms with Crippen molar-refractivity contribution in [2.75, 3.05) is 0 Å². The lowest BCUT2D eigenvalue weighted by Crippen LogP contribution is -2.72. The number of hydrogen-bond acceptors (Lipinski definition) is 1. The minimum Gasteiger partial charge on any atom is -0.442 e. The standard InChI is InChI=1S/C28H30OSi2.4CH4/c1-3-30(25-17-9-5-10-18-25,26-19-11-6-12-20-26)29-31(4-2,27-21-13-7-14-22-27)28-23-15-8-16-24-28;;;;/h5-24H,3-4H2,1-2H3;4*1H4. The molecular formula is C32H46OSi2. The highest BCUT2D eigenvalue weighted by atomic mass is 28.4. The molecule has 0 fully saturated rings. The molecule has 0 atom stereocenters. The molecule has 0 aromatic heterocycles. The first-order valence-corrected chi connectivity index (χ1v) is 15.4. The van der Waals surface area contributed by atoms with Crippen LogP contribution in [-0.4, -0.2) is 16.6 Å². The SMILES string of the molecule is C.C.C.C.CC[Si](O[Si](CC)(c1ccccc1)c1ccccc1)(c1ccccc1)c1ccccc1. The normalized spacial score (nSPS) is 10.6. The van der Waals surface area contributed by atoms with Gasteiger partial charge in [-0.1, -0.05) is 165 Å². The Hall–Kier alpha value is -2.73. The minimum absolute atomic E-state index is 0. The van der Waals surface area contributed by atoms with Gasteiger partial charge in [0.25, 0.3) is 0 Å². The molecule has 0 amide bonds. The summed E-state index contributed by atoms with van der Waals surface area (Å²) >= 11 is 0. The van der Waals surface area contributed by atoms with Gasteiger partial charge in [0.2, 0.25) is 16.6 Å². The van der Waals surface area contributed by atoms with E-state index in [1.54, 1.807) is 0 Å². The quantitative estimate of drug-likeness (QED) is 0.233. The van der Waals surface area contributed by atoms with Crippen LogP contribution in [0.2, 0.25) is 12.1 Å². The first-order valence-electron chi connectivity index (χ1n) is 11.2. The molecule has 0 radical (unpaired) electrons. The van der Waals surface area contributed by atoms with Gasteiger partial charge in [0, 0.05) is 0 Å². The van der Waals surface area contributed by atoms with Gasteiger partial charge in [0.05, 0.1) is 0 Å². The van der Waals surface area contributed by atoms with Crippen LogP contribution in [0, 0.1) is 0 Å². The molecule has 0 spiro atoms. The summed E-state index contributed by atoms with van der Waals surface area (Å²) in [5, 5.41) is 5.39. The van der Waals surface area contributed by atoms with Crippen LogP contribution in [-0.2, 0) is 4.12 Å². The van der Waals surface area contributed by atoms with Gasteiger partial charge in [0.1, 0.15) is 0 Å². The summed E-state index contributed by atoms with van der Waals surface area (Å²) in [4.78, 5) is 0. The van der Waals surface area contributed by atoms with Crippen molar-refractivity contribution in [2.45, 2.75) is 55.6 Å². The third kappa shape index (κ3) is 6.29. The van der Waals surface area contributed by atoms with Gasteiger partial charge in [-0.25, -0.2) is 0 Å². The maximum absolute atomic E-state index is 7.75. The molecule has 3 heteroatoms. The highest BCUT2D eigenvalue weighted by Crippen LogP contribution is 2.23. The van der Waals surface area contributed by atoms with E-state index in [0.717, 1.165) is 12.1 Å². The fourth-order valence-electron chi connectivity index (χ4n) is 4.66. The maximum Gasteiger partial charge on any atom is 0.245 e. The lowest BCUT2D eigenvalue weighted by Gasteiger charge is -2.42. The van der Waals surface area contributed by atoms with E-state index in [4.69, 9.17) is 4.12 Å². The molecule has 0 heterocycles. The van der Waals surface area contributed by atoms with Gasteiger partial charge in [-0.15, -0.1) is 0 Å². The predicted octanol–water partition coefficient (Wildman–Crippen LogP) is 7.11. The van der Waals surface area contributed by atoms with Crippen LogP contribution in [0.1, 0.15) is 43.6 Å². The fraction of sp³-hybridized carbons (Fsp3) is 0.250. The Balaban J connectivity index is 0.00000289. The van der Waals surface area contributed by atoms with Crippen molar-refractivity contribution >= 4 is 37.4 Å². The van der Waals surface area contributed by atoms with Crippen molar-refractivity contribution in [2.24, 2.45) is 0 Å². The summed E-state index contributed by atoms with van der Waals surface area (Å²) in [5.74, 6) is 0. The molecule has 0 aliphatic carbocycles. The lowest BCUT2D eigenvalue weighted by molar-refractivity contribution is 0.570. The Morgan fingerprint density at radius 1 is 0.400 bits per heavy atom. The van der Waals surface area contributed by atoms with Crippen molar-refractivity contribution in [3.8, 4) is 0 Å². The van der Waals surface area contributed by atoms with Crippen LogP contribution in [0.5, 0.6) is 0 Å². The van der Waals surface area contributed by atoms with Crippen molar-refractivity contribution in [3.05, 3.63) is 121 Å². The summed E-state index contributed by atoms with van der Waals surface area (Å²) in [6.07, 6.45) is 0. The van der Waals surface area contributed by atoms with Crippen molar-refractivity contribution in [3.63, 3.8) is 0 Å². The summed E-state index contributed by atoms with van der Waals surface area (Å²) in [6.45, 7) is 4.61. The smallest absolute Gasteiger partial charge is 0.245 e. The van der Waals surface area contributed by atoms with Gasteiger partial charge in [-0.05, 0) is 32.8 Å². The monoisotopic (exact) mass is 502 g/mol. The Bertz CT molecular complexity index is 900. The molecule has 35 heavy (non-hydrogen) atoms. The Morgan fingerprint density at radius 2 is 0.600 bits per heavy atom. The van der Waals surface area contributed by atoms with E-state index in [-0.39, 0.29) is 29.7 Å². The van der Waals surface area contributed by atoms with Crippen LogP contribution in [0.4, 0.5) is 0 Å². The summed E-state index contributed by atoms with van der Waals surface area (Å²) in [5.41, 5.74) is 0. The topological polar surface area (TPSA) is 9.23 Å². The average molecular weight is 503 g/mol. The maximum atomic E-state index is 7.75. The predicted molar refractivity (Wildman–Crippen MR) is 165 cm³/mol. The molecule has 4 rings (SSSR count). The molecule has 1 nitrogen and oxygen atoms in total. The summed E-state index contributed by atoms with van der Waals surface area (Å²) in [7, 11) is -4.96. The van der Waals surface area contributed by atoms with Crippen molar-refractivity contribution in [1.29, 1.82) is 0 Å². The molecular weight excluding hydrogens is 457 g/mol. The second kappa shape index (κ2) is 14.6. The van der Waals surface area contributed by atoms with E-state index in [2.05, 4.69) is 135 Å². The van der Waals surface area contributed by atoms with E-state index in [0.29, 0.717) is 0 Å². The minimum atomic E-state index is -2.48. The van der Waals surface area contributed by atoms with Crippen LogP contribution in [0.15, 0.2) is 121 Å². The molecule has 4 aromatic carbocycles. The Kier molecular flexibility index (Phi) is 13.5. The number of benzene rings is 4. The zero-order valence-corrected chi connectivity index (χ0v) is 20.4. The third-order valence-corrected chi connectivity index (χ3v) is 16.1. The van der Waals surface area contributed by atoms with Crippen LogP contribution < -0.4 is 20.7 Å². The van der Waals surface area contributed by atoms with Crippen LogP contribution >= 0.6 is 0 Å². The lowest BCUT2D eigenvalue weighted by atomic mass is 10.4. The van der Waals surface area contributed by atoms with Gasteiger partial charge >= 0.3 is 0 Å². The van der Waals surface area contributed by atoms with Crippen LogP contribution in [0.25, 0.3) is 0 Å². The van der Waals surface area contributed by atoms with Gasteiger partial charge in [0.15, 0.2) is 0 Å². The molecule has 0 aliphatic rings. The highest BCUT2D eigenvalue weighted by molar-refractivity contribution is 7.09. The summed E-state index contributed by atoms with van der Waals surface area (Å²) < 4.78 is 7.75. The van der Waals surface area contributed by atoms with Crippen LogP contribution in [0.3, 0.4) is 0 Å². The van der Waals surface area contributed by atoms with E-state index >= 15 is 0 Å². The molecule has 0 N–H and O–H groups in total. The largest absolute Gasteiger partial charge is 0.442 e. The van der Waals surface area contributed by atoms with Crippen molar-refractivity contribution in [1.82, 2.24) is 0 Å². The molecule has 0 unspecified atom stereocenters. The fourth-order valence-corrected chi connectivity index (χ4v) is 15.3. The molecule has 0 aliphatic heterocycles. The first-order chi connectivity index (χ1) is 15.2. The third-order valence-electron chi connectivity index (χ3n) is 6.30. The molecule has 188 valence electrons. The molecule has 4 aromatic rings. The van der Waals surface area contributed by atoms with E-state index in [1.165, 1.54) is 20.7 Å². The Morgan fingerprint density at radius 3 is 0.771 bits per heavy atom. The van der Waals surface area contributed by atoms with E-state index in [9.17, 15) is 0 Å². The highest BCUT2D eigenvalue weighted by Gasteiger charge is 2.48. The summed E-state index contributed by atoms with van der Waals surface area (Å²) in [6, 6.07) is 45.8. The molecule has 0 saturated carbocycles. The van der Waals surface area contributed by atoms with E-state index in [1.807, 2.05) is 0 Å². The first kappa shape index (κ1) is 32.3. The average Bonchev–Trinajstić information content (AvgIpc) is 2.87. The second-order valence-electron chi connectivity index (χ2n) is 7.93. The number of rotatable bonds is 8. The van der Waals surface area contributed by atoms with E-state index < -0.39 is 16.6 Å². The van der Waals surface area contributed by atoms with Gasteiger partial charge < -0.3 is 4.12 Å². The second-order valence-corrected chi connectivity index (χ2v) is 15.8. The zero-order chi connectivity index (χ0) is 21.6. The Labute approximate surface area is 218 Å². The van der Waals surface area contributed by atoms with Crippen molar-refractivity contribution < 1.29 is 4.12 Å². The zero-order valence-electron chi connectivity index (χ0n) is 18.4. The van der Waals surface area contributed by atoms with Gasteiger partial charge in [-0.3, -0.25) is 0 Å².